The highest BCUT2D eigenvalue weighted by molar-refractivity contribution is 5.85. The minimum atomic E-state index is -0.754. The maximum absolute atomic E-state index is 12.0. The zero-order chi connectivity index (χ0) is 18.9. The van der Waals surface area contributed by atoms with E-state index in [4.69, 9.17) is 9.47 Å². The van der Waals surface area contributed by atoms with Gasteiger partial charge in [0.1, 0.15) is 11.5 Å². The summed E-state index contributed by atoms with van der Waals surface area (Å²) in [5.74, 6) is 0.686. The van der Waals surface area contributed by atoms with Crippen LogP contribution in [0.15, 0.2) is 54.6 Å². The molecule has 2 aromatic carbocycles. The Morgan fingerprint density at radius 1 is 0.885 bits per heavy atom. The monoisotopic (exact) mass is 356 g/mol. The van der Waals surface area contributed by atoms with Gasteiger partial charge in [-0.2, -0.15) is 0 Å². The third-order valence-electron chi connectivity index (χ3n) is 3.67. The molecule has 2 amide bonds. The second-order valence-electron chi connectivity index (χ2n) is 6.12. The average Bonchev–Trinajstić information content (AvgIpc) is 2.65. The van der Waals surface area contributed by atoms with Crippen molar-refractivity contribution in [3.8, 4) is 11.5 Å². The van der Waals surface area contributed by atoms with Crippen molar-refractivity contribution >= 4 is 11.8 Å². The largest absolute Gasteiger partial charge is 0.484 e. The van der Waals surface area contributed by atoms with Crippen molar-refractivity contribution in [1.82, 2.24) is 10.9 Å². The minimum absolute atomic E-state index is 0.198. The highest BCUT2D eigenvalue weighted by Crippen LogP contribution is 2.19. The lowest BCUT2D eigenvalue weighted by Crippen LogP contribution is -2.48. The van der Waals surface area contributed by atoms with Gasteiger partial charge in [0, 0.05) is 0 Å². The molecule has 0 aromatic heterocycles. The van der Waals surface area contributed by atoms with E-state index in [9.17, 15) is 9.59 Å². The molecule has 6 heteroatoms. The number of para-hydroxylation sites is 1. The number of hydrogen-bond acceptors (Lipinski definition) is 4. The molecule has 2 aromatic rings. The Kier molecular flexibility index (Phi) is 7.02. The van der Waals surface area contributed by atoms with Gasteiger partial charge in [-0.25, -0.2) is 0 Å². The van der Waals surface area contributed by atoms with Crippen molar-refractivity contribution < 1.29 is 19.1 Å². The van der Waals surface area contributed by atoms with E-state index < -0.39 is 17.9 Å². The fourth-order valence-electron chi connectivity index (χ4n) is 2.12. The molecule has 0 aliphatic heterocycles. The van der Waals surface area contributed by atoms with Crippen LogP contribution in [-0.2, 0) is 9.59 Å². The normalized spacial score (nSPS) is 11.5. The maximum atomic E-state index is 12.0. The van der Waals surface area contributed by atoms with Gasteiger partial charge in [-0.1, -0.05) is 44.2 Å². The van der Waals surface area contributed by atoms with Gasteiger partial charge >= 0.3 is 0 Å². The van der Waals surface area contributed by atoms with Gasteiger partial charge in [0.2, 0.25) is 0 Å². The maximum Gasteiger partial charge on any atom is 0.279 e. The number of amides is 2. The molecule has 0 saturated carbocycles. The molecule has 0 fully saturated rings. The molecule has 0 spiro atoms. The van der Waals surface area contributed by atoms with E-state index in [1.165, 1.54) is 5.56 Å². The first-order valence-electron chi connectivity index (χ1n) is 8.49. The molecule has 0 radical (unpaired) electrons. The molecule has 1 atom stereocenters. The molecule has 6 nitrogen and oxygen atoms in total. The summed E-state index contributed by atoms with van der Waals surface area (Å²) in [6, 6.07) is 16.5. The Hall–Kier alpha value is -3.02. The molecule has 2 rings (SSSR count). The molecule has 0 aliphatic carbocycles. The van der Waals surface area contributed by atoms with E-state index in [0.717, 1.165) is 0 Å². The summed E-state index contributed by atoms with van der Waals surface area (Å²) in [7, 11) is 0. The first-order chi connectivity index (χ1) is 12.5. The average molecular weight is 356 g/mol. The smallest absolute Gasteiger partial charge is 0.279 e. The number of rotatable bonds is 7. The van der Waals surface area contributed by atoms with Gasteiger partial charge in [0.15, 0.2) is 12.7 Å². The van der Waals surface area contributed by atoms with E-state index in [1.807, 2.05) is 42.5 Å². The van der Waals surface area contributed by atoms with Crippen LogP contribution in [0.4, 0.5) is 0 Å². The lowest BCUT2D eigenvalue weighted by atomic mass is 10.0. The first kappa shape index (κ1) is 19.3. The predicted molar refractivity (Wildman–Crippen MR) is 98.8 cm³/mol. The molecule has 0 saturated heterocycles. The number of hydrogen-bond donors (Lipinski definition) is 2. The van der Waals surface area contributed by atoms with Crippen molar-refractivity contribution in [2.24, 2.45) is 0 Å². The lowest BCUT2D eigenvalue weighted by Gasteiger charge is -2.16. The van der Waals surface area contributed by atoms with Gasteiger partial charge < -0.3 is 9.47 Å². The van der Waals surface area contributed by atoms with Crippen LogP contribution in [0.25, 0.3) is 0 Å². The van der Waals surface area contributed by atoms with E-state index >= 15 is 0 Å². The number of ether oxygens (including phenoxy) is 2. The molecular weight excluding hydrogens is 332 g/mol. The van der Waals surface area contributed by atoms with Crippen LogP contribution >= 0.6 is 0 Å². The number of carbonyl (C=O) groups is 2. The molecule has 138 valence electrons. The molecule has 0 heterocycles. The van der Waals surface area contributed by atoms with Crippen LogP contribution in [-0.4, -0.2) is 24.5 Å². The Balaban J connectivity index is 1.73. The predicted octanol–water partition coefficient (Wildman–Crippen LogP) is 2.80. The van der Waals surface area contributed by atoms with E-state index in [0.29, 0.717) is 17.4 Å². The quantitative estimate of drug-likeness (QED) is 0.748. The minimum Gasteiger partial charge on any atom is -0.484 e. The summed E-state index contributed by atoms with van der Waals surface area (Å²) in [6.07, 6.45) is -0.754. The van der Waals surface area contributed by atoms with Crippen LogP contribution in [0.5, 0.6) is 11.5 Å². The van der Waals surface area contributed by atoms with Gasteiger partial charge in [-0.15, -0.1) is 0 Å². The third-order valence-corrected chi connectivity index (χ3v) is 3.67. The van der Waals surface area contributed by atoms with Crippen molar-refractivity contribution in [3.05, 3.63) is 60.2 Å². The fourth-order valence-corrected chi connectivity index (χ4v) is 2.12. The van der Waals surface area contributed by atoms with E-state index in [1.54, 1.807) is 19.1 Å². The lowest BCUT2D eigenvalue weighted by molar-refractivity contribution is -0.133. The van der Waals surface area contributed by atoms with E-state index in [2.05, 4.69) is 24.7 Å². The molecule has 26 heavy (non-hydrogen) atoms. The van der Waals surface area contributed by atoms with Gasteiger partial charge in [-0.05, 0) is 42.7 Å². The van der Waals surface area contributed by atoms with Crippen LogP contribution in [0.1, 0.15) is 32.3 Å². The summed E-state index contributed by atoms with van der Waals surface area (Å²) in [5.41, 5.74) is 5.82. The van der Waals surface area contributed by atoms with Gasteiger partial charge in [0.25, 0.3) is 11.8 Å². The molecule has 0 bridgehead atoms. The SMILES string of the molecule is CC(C)c1ccc(O[C@@H](C)C(=O)NNC(=O)COc2ccccc2)cc1. The number of benzene rings is 2. The number of carbonyl (C=O) groups excluding carboxylic acids is 2. The number of nitrogens with one attached hydrogen (secondary N) is 2. The Labute approximate surface area is 153 Å². The Morgan fingerprint density at radius 3 is 2.15 bits per heavy atom. The van der Waals surface area contributed by atoms with Crippen molar-refractivity contribution in [3.63, 3.8) is 0 Å². The van der Waals surface area contributed by atoms with Gasteiger partial charge in [-0.3, -0.25) is 20.4 Å². The fraction of sp³-hybridized carbons (Fsp3) is 0.300. The second-order valence-corrected chi connectivity index (χ2v) is 6.12. The van der Waals surface area contributed by atoms with Crippen molar-refractivity contribution in [2.75, 3.05) is 6.61 Å². The molecule has 0 aliphatic rings. The highest BCUT2D eigenvalue weighted by atomic mass is 16.5. The van der Waals surface area contributed by atoms with Crippen LogP contribution in [0, 0.1) is 0 Å². The zero-order valence-electron chi connectivity index (χ0n) is 15.2. The molecule has 2 N–H and O–H groups in total. The first-order valence-corrected chi connectivity index (χ1v) is 8.49. The molecule has 0 unspecified atom stereocenters. The second kappa shape index (κ2) is 9.46. The summed E-state index contributed by atoms with van der Waals surface area (Å²) in [6.45, 7) is 5.63. The van der Waals surface area contributed by atoms with Crippen LogP contribution in [0.3, 0.4) is 0 Å². The summed E-state index contributed by atoms with van der Waals surface area (Å²) < 4.78 is 10.9. The Morgan fingerprint density at radius 2 is 1.54 bits per heavy atom. The summed E-state index contributed by atoms with van der Waals surface area (Å²) in [5, 5.41) is 0. The number of hydrazine groups is 1. The van der Waals surface area contributed by atoms with Crippen molar-refractivity contribution in [1.29, 1.82) is 0 Å². The van der Waals surface area contributed by atoms with Gasteiger partial charge in [0.05, 0.1) is 0 Å². The standard InChI is InChI=1S/C20H24N2O4/c1-14(2)16-9-11-18(12-10-16)26-15(3)20(24)22-21-19(23)13-25-17-7-5-4-6-8-17/h4-12,14-15H,13H2,1-3H3,(H,21,23)(H,22,24)/t15-/m0/s1. The van der Waals surface area contributed by atoms with Crippen LogP contribution in [0.2, 0.25) is 0 Å². The summed E-state index contributed by atoms with van der Waals surface area (Å²) in [4.78, 5) is 23.7. The topological polar surface area (TPSA) is 76.7 Å². The zero-order valence-corrected chi connectivity index (χ0v) is 15.2. The third kappa shape index (κ3) is 6.12. The summed E-state index contributed by atoms with van der Waals surface area (Å²) >= 11 is 0. The molecular formula is C20H24N2O4. The van der Waals surface area contributed by atoms with Crippen molar-refractivity contribution in [2.45, 2.75) is 32.8 Å². The van der Waals surface area contributed by atoms with Crippen LogP contribution < -0.4 is 20.3 Å². The highest BCUT2D eigenvalue weighted by Gasteiger charge is 2.15. The Bertz CT molecular complexity index is 714. The van der Waals surface area contributed by atoms with E-state index in [-0.39, 0.29) is 6.61 Å².